The molecule has 0 unspecified atom stereocenters. The number of hydrogen-bond donors (Lipinski definition) is 0. The molecule has 4 heteroatoms. The molecule has 0 aromatic rings. The molecule has 0 aromatic heterocycles. The summed E-state index contributed by atoms with van der Waals surface area (Å²) in [5, 5.41) is 8.83. The molecule has 0 radical (unpaired) electrons. The van der Waals surface area contributed by atoms with E-state index in [2.05, 4.69) is 11.4 Å². The van der Waals surface area contributed by atoms with Crippen LogP contribution in [-0.2, 0) is 4.84 Å². The van der Waals surface area contributed by atoms with Crippen molar-refractivity contribution in [2.75, 3.05) is 6.61 Å². The highest BCUT2D eigenvalue weighted by Crippen LogP contribution is 1.95. The largest absolute Gasteiger partial charge is 0.314 e. The highest BCUT2D eigenvalue weighted by Gasteiger charge is 1.92. The molecule has 0 atom stereocenters. The van der Waals surface area contributed by atoms with Gasteiger partial charge in [-0.05, 0) is 19.3 Å². The van der Waals surface area contributed by atoms with Crippen molar-refractivity contribution in [2.24, 2.45) is 0 Å². The maximum Gasteiger partial charge on any atom is 0.294 e. The maximum atomic E-state index is 9.60. The quantitative estimate of drug-likeness (QED) is 0.246. The zero-order chi connectivity index (χ0) is 7.82. The van der Waals surface area contributed by atoms with Gasteiger partial charge in [-0.15, -0.1) is 16.7 Å². The van der Waals surface area contributed by atoms with Crippen LogP contribution in [0.1, 0.15) is 19.3 Å². The van der Waals surface area contributed by atoms with Gasteiger partial charge in [-0.25, -0.2) is 0 Å². The van der Waals surface area contributed by atoms with Crippen LogP contribution >= 0.6 is 0 Å². The highest BCUT2D eigenvalue weighted by atomic mass is 16.9. The molecule has 0 fully saturated rings. The Labute approximate surface area is 59.6 Å². The Morgan fingerprint density at radius 3 is 2.80 bits per heavy atom. The molecule has 0 aliphatic heterocycles. The molecule has 0 aliphatic rings. The molecule has 0 rings (SSSR count). The lowest BCUT2D eigenvalue weighted by atomic mass is 10.2. The number of hydrogen-bond acceptors (Lipinski definition) is 3. The van der Waals surface area contributed by atoms with E-state index < -0.39 is 5.09 Å². The van der Waals surface area contributed by atoms with Gasteiger partial charge in [0.25, 0.3) is 5.09 Å². The van der Waals surface area contributed by atoms with Crippen molar-refractivity contribution in [1.29, 1.82) is 0 Å². The van der Waals surface area contributed by atoms with Gasteiger partial charge in [-0.2, -0.15) is 0 Å². The number of rotatable bonds is 6. The molecule has 4 nitrogen and oxygen atoms in total. The average molecular weight is 145 g/mol. The standard InChI is InChI=1S/C6H11NO3/c1-2-3-4-5-6-10-7(8)9/h2H,1,3-6H2. The maximum absolute atomic E-state index is 9.60. The van der Waals surface area contributed by atoms with Gasteiger partial charge in [-0.3, -0.25) is 0 Å². The third-order valence-electron chi connectivity index (χ3n) is 0.999. The predicted molar refractivity (Wildman–Crippen MR) is 37.0 cm³/mol. The molecule has 0 saturated heterocycles. The first-order valence-electron chi connectivity index (χ1n) is 3.15. The third-order valence-corrected chi connectivity index (χ3v) is 0.999. The summed E-state index contributed by atoms with van der Waals surface area (Å²) in [7, 11) is 0. The molecule has 0 bridgehead atoms. The second-order valence-electron chi connectivity index (χ2n) is 1.84. The zero-order valence-electron chi connectivity index (χ0n) is 5.78. The van der Waals surface area contributed by atoms with Crippen LogP contribution in [-0.4, -0.2) is 11.7 Å². The minimum atomic E-state index is -0.770. The Balaban J connectivity index is 2.90. The normalized spacial score (nSPS) is 8.80. The number of nitrogens with zero attached hydrogens (tertiary/aromatic N) is 1. The lowest BCUT2D eigenvalue weighted by Gasteiger charge is -1.95. The van der Waals surface area contributed by atoms with Crippen LogP contribution in [0, 0.1) is 10.1 Å². The van der Waals surface area contributed by atoms with Crippen molar-refractivity contribution in [2.45, 2.75) is 19.3 Å². The molecule has 0 aliphatic carbocycles. The van der Waals surface area contributed by atoms with E-state index >= 15 is 0 Å². The fourth-order valence-corrected chi connectivity index (χ4v) is 0.530. The van der Waals surface area contributed by atoms with Crippen LogP contribution in [0.3, 0.4) is 0 Å². The van der Waals surface area contributed by atoms with E-state index in [1.54, 1.807) is 6.08 Å². The van der Waals surface area contributed by atoms with Crippen molar-refractivity contribution in [3.05, 3.63) is 22.8 Å². The Kier molecular flexibility index (Phi) is 5.42. The molecule has 0 N–H and O–H groups in total. The Bertz CT molecular complexity index is 114. The van der Waals surface area contributed by atoms with Gasteiger partial charge in [0.05, 0.1) is 6.61 Å². The fraction of sp³-hybridized carbons (Fsp3) is 0.667. The molecule has 10 heavy (non-hydrogen) atoms. The van der Waals surface area contributed by atoms with E-state index in [1.165, 1.54) is 0 Å². The van der Waals surface area contributed by atoms with Crippen LogP contribution in [0.5, 0.6) is 0 Å². The minimum absolute atomic E-state index is 0.195. The Morgan fingerprint density at radius 1 is 1.60 bits per heavy atom. The van der Waals surface area contributed by atoms with Crippen molar-refractivity contribution < 1.29 is 9.92 Å². The van der Waals surface area contributed by atoms with Gasteiger partial charge >= 0.3 is 0 Å². The summed E-state index contributed by atoms with van der Waals surface area (Å²) < 4.78 is 0. The van der Waals surface area contributed by atoms with Crippen LogP contribution in [0.4, 0.5) is 0 Å². The molecular formula is C6H11NO3. The molecule has 0 amide bonds. The van der Waals surface area contributed by atoms with Crippen LogP contribution in [0.2, 0.25) is 0 Å². The summed E-state index contributed by atoms with van der Waals surface area (Å²) in [6, 6.07) is 0. The SMILES string of the molecule is C=CCCCCO[N+](=O)[O-]. The molecule has 0 aromatic carbocycles. The summed E-state index contributed by atoms with van der Waals surface area (Å²) in [6.07, 6.45) is 4.29. The van der Waals surface area contributed by atoms with Gasteiger partial charge in [0.15, 0.2) is 0 Å². The van der Waals surface area contributed by atoms with Crippen molar-refractivity contribution in [3.8, 4) is 0 Å². The van der Waals surface area contributed by atoms with Crippen LogP contribution in [0.15, 0.2) is 12.7 Å². The lowest BCUT2D eigenvalue weighted by Crippen LogP contribution is -2.01. The van der Waals surface area contributed by atoms with Gasteiger partial charge in [0, 0.05) is 0 Å². The molecular weight excluding hydrogens is 134 g/mol. The molecule has 58 valence electrons. The first-order valence-corrected chi connectivity index (χ1v) is 3.15. The van der Waals surface area contributed by atoms with E-state index in [4.69, 9.17) is 0 Å². The lowest BCUT2D eigenvalue weighted by molar-refractivity contribution is -0.757. The van der Waals surface area contributed by atoms with Crippen LogP contribution in [0.25, 0.3) is 0 Å². The number of allylic oxidation sites excluding steroid dienone is 1. The van der Waals surface area contributed by atoms with E-state index in [9.17, 15) is 10.1 Å². The highest BCUT2D eigenvalue weighted by molar-refractivity contribution is 4.64. The first-order chi connectivity index (χ1) is 4.77. The van der Waals surface area contributed by atoms with E-state index in [1.807, 2.05) is 0 Å². The summed E-state index contributed by atoms with van der Waals surface area (Å²) in [5.41, 5.74) is 0. The van der Waals surface area contributed by atoms with Gasteiger partial charge < -0.3 is 4.84 Å². The monoisotopic (exact) mass is 145 g/mol. The second kappa shape index (κ2) is 6.07. The van der Waals surface area contributed by atoms with Gasteiger partial charge in [0.2, 0.25) is 0 Å². The Morgan fingerprint density at radius 2 is 2.30 bits per heavy atom. The predicted octanol–water partition coefficient (Wildman–Crippen LogP) is 1.55. The first kappa shape index (κ1) is 8.94. The molecule has 0 heterocycles. The molecule has 0 saturated carbocycles. The van der Waals surface area contributed by atoms with E-state index in [0.717, 1.165) is 12.8 Å². The van der Waals surface area contributed by atoms with Crippen molar-refractivity contribution >= 4 is 0 Å². The van der Waals surface area contributed by atoms with Crippen molar-refractivity contribution in [3.63, 3.8) is 0 Å². The van der Waals surface area contributed by atoms with E-state index in [0.29, 0.717) is 6.42 Å². The number of unbranched alkanes of at least 4 members (excludes halogenated alkanes) is 2. The van der Waals surface area contributed by atoms with Gasteiger partial charge in [0.1, 0.15) is 0 Å². The smallest absolute Gasteiger partial charge is 0.294 e. The zero-order valence-corrected chi connectivity index (χ0v) is 5.78. The fourth-order valence-electron chi connectivity index (χ4n) is 0.530. The summed E-state index contributed by atoms with van der Waals surface area (Å²) >= 11 is 0. The summed E-state index contributed by atoms with van der Waals surface area (Å²) in [6.45, 7) is 3.71. The Hall–Kier alpha value is -1.06. The minimum Gasteiger partial charge on any atom is -0.314 e. The average Bonchev–Trinajstić information content (AvgIpc) is 1.87. The van der Waals surface area contributed by atoms with Crippen LogP contribution < -0.4 is 0 Å². The summed E-state index contributed by atoms with van der Waals surface area (Å²) in [5.74, 6) is 0. The topological polar surface area (TPSA) is 52.4 Å². The van der Waals surface area contributed by atoms with Gasteiger partial charge in [-0.1, -0.05) is 6.08 Å². The van der Waals surface area contributed by atoms with Crippen molar-refractivity contribution in [1.82, 2.24) is 0 Å². The van der Waals surface area contributed by atoms with E-state index in [-0.39, 0.29) is 6.61 Å². The molecule has 0 spiro atoms. The second-order valence-corrected chi connectivity index (χ2v) is 1.84. The summed E-state index contributed by atoms with van der Waals surface area (Å²) in [4.78, 5) is 13.7. The third kappa shape index (κ3) is 6.94.